The van der Waals surface area contributed by atoms with E-state index in [1.807, 2.05) is 0 Å². The molecule has 0 fully saturated rings. The molecule has 0 unspecified atom stereocenters. The van der Waals surface area contributed by atoms with Crippen molar-refractivity contribution in [2.75, 3.05) is 7.11 Å². The van der Waals surface area contributed by atoms with Crippen molar-refractivity contribution in [1.29, 1.82) is 0 Å². The molecule has 0 atom stereocenters. The summed E-state index contributed by atoms with van der Waals surface area (Å²) in [5.41, 5.74) is 0.553. The van der Waals surface area contributed by atoms with Crippen LogP contribution >= 0.6 is 0 Å². The summed E-state index contributed by atoms with van der Waals surface area (Å²) in [7, 11) is 1.23. The highest BCUT2D eigenvalue weighted by Crippen LogP contribution is 2.21. The molecule has 0 amide bonds. The van der Waals surface area contributed by atoms with E-state index in [0.717, 1.165) is 0 Å². The number of hydrogen-bond donors (Lipinski definition) is 0. The summed E-state index contributed by atoms with van der Waals surface area (Å²) in [5, 5.41) is 10.7. The van der Waals surface area contributed by atoms with Gasteiger partial charge in [0.1, 0.15) is 11.3 Å². The molecule has 0 aliphatic heterocycles. The second-order valence-corrected chi connectivity index (χ2v) is 2.70. The summed E-state index contributed by atoms with van der Waals surface area (Å²) in [5.74, 6) is -0.167. The Kier molecular flexibility index (Phi) is 2.20. The zero-order valence-electron chi connectivity index (χ0n) is 8.05. The minimum absolute atomic E-state index is 0.175. The number of esters is 1. The first kappa shape index (κ1) is 9.38. The summed E-state index contributed by atoms with van der Waals surface area (Å²) < 4.78 is 14.3. The highest BCUT2D eigenvalue weighted by atomic mass is 16.5. The summed E-state index contributed by atoms with van der Waals surface area (Å²) in [6.07, 6.45) is 1.43. The first-order valence-corrected chi connectivity index (χ1v) is 4.06. The van der Waals surface area contributed by atoms with Crippen LogP contribution in [0, 0.1) is 6.92 Å². The van der Waals surface area contributed by atoms with Gasteiger partial charge >= 0.3 is 11.9 Å². The van der Waals surface area contributed by atoms with Crippen molar-refractivity contribution in [2.45, 2.75) is 6.92 Å². The average molecular weight is 209 g/mol. The van der Waals surface area contributed by atoms with E-state index in [9.17, 15) is 4.79 Å². The van der Waals surface area contributed by atoms with Gasteiger partial charge < -0.3 is 13.7 Å². The highest BCUT2D eigenvalue weighted by Gasteiger charge is 2.18. The number of aryl methyl sites for hydroxylation is 1. The van der Waals surface area contributed by atoms with Crippen LogP contribution in [0.5, 0.6) is 0 Å². The SMILES string of the molecule is COC(=O)c1nnc(-c2cnoc2C)o1. The second-order valence-electron chi connectivity index (χ2n) is 2.70. The van der Waals surface area contributed by atoms with Gasteiger partial charge in [-0.25, -0.2) is 4.79 Å². The highest BCUT2D eigenvalue weighted by molar-refractivity contribution is 5.84. The largest absolute Gasteiger partial charge is 0.462 e. The Morgan fingerprint density at radius 3 is 2.87 bits per heavy atom. The minimum atomic E-state index is -0.678. The van der Waals surface area contributed by atoms with Crippen molar-refractivity contribution < 1.29 is 18.5 Å². The van der Waals surface area contributed by atoms with E-state index < -0.39 is 5.97 Å². The lowest BCUT2D eigenvalue weighted by atomic mass is 10.3. The molecule has 2 rings (SSSR count). The van der Waals surface area contributed by atoms with Gasteiger partial charge in [0, 0.05) is 0 Å². The maximum absolute atomic E-state index is 11.0. The molecule has 15 heavy (non-hydrogen) atoms. The fraction of sp³-hybridized carbons (Fsp3) is 0.250. The van der Waals surface area contributed by atoms with Gasteiger partial charge in [0.05, 0.1) is 13.3 Å². The molecule has 0 aliphatic rings. The average Bonchev–Trinajstić information content (AvgIpc) is 2.84. The predicted octanol–water partition coefficient (Wildman–Crippen LogP) is 0.820. The van der Waals surface area contributed by atoms with Crippen molar-refractivity contribution in [3.63, 3.8) is 0 Å². The fourth-order valence-corrected chi connectivity index (χ4v) is 1.01. The van der Waals surface area contributed by atoms with E-state index in [0.29, 0.717) is 11.3 Å². The second kappa shape index (κ2) is 3.52. The molecule has 78 valence electrons. The van der Waals surface area contributed by atoms with Crippen LogP contribution in [0.15, 0.2) is 15.1 Å². The van der Waals surface area contributed by atoms with Gasteiger partial charge in [-0.15, -0.1) is 10.2 Å². The van der Waals surface area contributed by atoms with Crippen molar-refractivity contribution >= 4 is 5.97 Å². The van der Waals surface area contributed by atoms with Crippen LogP contribution in [-0.4, -0.2) is 28.4 Å². The van der Waals surface area contributed by atoms with E-state index in [2.05, 4.69) is 20.1 Å². The van der Waals surface area contributed by atoms with E-state index >= 15 is 0 Å². The number of rotatable bonds is 2. The van der Waals surface area contributed by atoms with Crippen molar-refractivity contribution in [1.82, 2.24) is 15.4 Å². The molecule has 0 bridgehead atoms. The molecule has 0 aromatic carbocycles. The number of carbonyl (C=O) groups excluding carboxylic acids is 1. The molecule has 2 heterocycles. The van der Waals surface area contributed by atoms with Crippen LogP contribution in [0.4, 0.5) is 0 Å². The third-order valence-electron chi connectivity index (χ3n) is 1.77. The zero-order chi connectivity index (χ0) is 10.8. The van der Waals surface area contributed by atoms with Crippen LogP contribution in [0.2, 0.25) is 0 Å². The maximum Gasteiger partial charge on any atom is 0.396 e. The van der Waals surface area contributed by atoms with Gasteiger partial charge in [-0.1, -0.05) is 5.16 Å². The third-order valence-corrected chi connectivity index (χ3v) is 1.77. The molecule has 0 saturated carbocycles. The number of methoxy groups -OCH3 is 1. The quantitative estimate of drug-likeness (QED) is 0.676. The molecule has 0 radical (unpaired) electrons. The molecule has 0 N–H and O–H groups in total. The van der Waals surface area contributed by atoms with Crippen molar-refractivity contribution in [3.8, 4) is 11.5 Å². The monoisotopic (exact) mass is 209 g/mol. The first-order valence-electron chi connectivity index (χ1n) is 4.06. The lowest BCUT2D eigenvalue weighted by Gasteiger charge is -1.89. The Balaban J connectivity index is 2.36. The fourth-order valence-electron chi connectivity index (χ4n) is 1.01. The Morgan fingerprint density at radius 2 is 2.27 bits per heavy atom. The van der Waals surface area contributed by atoms with E-state index in [-0.39, 0.29) is 11.8 Å². The van der Waals surface area contributed by atoms with E-state index in [1.165, 1.54) is 13.3 Å². The number of hydrogen-bond acceptors (Lipinski definition) is 7. The smallest absolute Gasteiger partial charge is 0.396 e. The number of aromatic nitrogens is 3. The summed E-state index contributed by atoms with van der Waals surface area (Å²) in [4.78, 5) is 11.0. The summed E-state index contributed by atoms with van der Waals surface area (Å²) in [6.45, 7) is 1.70. The number of nitrogens with zero attached hydrogens (tertiary/aromatic N) is 3. The molecule has 0 spiro atoms. The molecular weight excluding hydrogens is 202 g/mol. The minimum Gasteiger partial charge on any atom is -0.462 e. The molecule has 0 aliphatic carbocycles. The Hall–Kier alpha value is -2.18. The van der Waals surface area contributed by atoms with Crippen LogP contribution in [-0.2, 0) is 4.74 Å². The molecule has 0 saturated heterocycles. The molecule has 2 aromatic heterocycles. The predicted molar refractivity (Wildman–Crippen MR) is 45.9 cm³/mol. The van der Waals surface area contributed by atoms with Gasteiger partial charge in [0.25, 0.3) is 5.89 Å². The van der Waals surface area contributed by atoms with Crippen LogP contribution < -0.4 is 0 Å². The van der Waals surface area contributed by atoms with Gasteiger partial charge in [-0.05, 0) is 6.92 Å². The molecule has 7 heteroatoms. The lowest BCUT2D eigenvalue weighted by Crippen LogP contribution is -2.00. The Morgan fingerprint density at radius 1 is 1.47 bits per heavy atom. The molecular formula is C8H7N3O4. The standard InChI is InChI=1S/C8H7N3O4/c1-4-5(3-9-15-4)6-10-11-7(14-6)8(12)13-2/h3H,1-2H3. The summed E-state index contributed by atoms with van der Waals surface area (Å²) in [6, 6.07) is 0. The normalized spacial score (nSPS) is 10.3. The zero-order valence-corrected chi connectivity index (χ0v) is 8.05. The van der Waals surface area contributed by atoms with E-state index in [1.54, 1.807) is 6.92 Å². The van der Waals surface area contributed by atoms with Crippen LogP contribution in [0.3, 0.4) is 0 Å². The Bertz CT molecular complexity index is 488. The maximum atomic E-state index is 11.0. The van der Waals surface area contributed by atoms with Gasteiger partial charge in [0.2, 0.25) is 0 Å². The topological polar surface area (TPSA) is 91.2 Å². The number of ether oxygens (including phenoxy) is 1. The molecule has 2 aromatic rings. The van der Waals surface area contributed by atoms with Crippen molar-refractivity contribution in [2.24, 2.45) is 0 Å². The van der Waals surface area contributed by atoms with Crippen LogP contribution in [0.25, 0.3) is 11.5 Å². The lowest BCUT2D eigenvalue weighted by molar-refractivity contribution is 0.0556. The van der Waals surface area contributed by atoms with Crippen LogP contribution in [0.1, 0.15) is 16.4 Å². The first-order chi connectivity index (χ1) is 7.22. The number of carbonyl (C=O) groups is 1. The third kappa shape index (κ3) is 1.58. The van der Waals surface area contributed by atoms with Gasteiger partial charge in [-0.2, -0.15) is 0 Å². The Labute approximate surface area is 84.0 Å². The van der Waals surface area contributed by atoms with Crippen molar-refractivity contribution in [3.05, 3.63) is 17.8 Å². The van der Waals surface area contributed by atoms with Gasteiger partial charge in [0.15, 0.2) is 0 Å². The van der Waals surface area contributed by atoms with E-state index in [4.69, 9.17) is 8.94 Å². The summed E-state index contributed by atoms with van der Waals surface area (Å²) >= 11 is 0. The molecule has 7 nitrogen and oxygen atoms in total. The van der Waals surface area contributed by atoms with Gasteiger partial charge in [-0.3, -0.25) is 0 Å².